The number of nitrogens with zero attached hydrogens (tertiary/aromatic N) is 3. The fraction of sp³-hybridized carbons (Fsp3) is 0.190. The summed E-state index contributed by atoms with van der Waals surface area (Å²) in [6, 6.07) is 18.1. The van der Waals surface area contributed by atoms with Gasteiger partial charge in [-0.2, -0.15) is 0 Å². The number of nitrogens with one attached hydrogen (secondary N) is 2. The molecule has 0 saturated carbocycles. The van der Waals surface area contributed by atoms with Crippen molar-refractivity contribution in [2.75, 3.05) is 28.6 Å². The molecule has 142 valence electrons. The molecule has 0 spiro atoms. The first-order chi connectivity index (χ1) is 13.7. The number of urea groups is 1. The van der Waals surface area contributed by atoms with Gasteiger partial charge in [0, 0.05) is 35.1 Å². The number of hydrogen-bond acceptors (Lipinski definition) is 4. The van der Waals surface area contributed by atoms with E-state index in [9.17, 15) is 4.79 Å². The highest BCUT2D eigenvalue weighted by Gasteiger charge is 2.14. The molecule has 1 fully saturated rings. The highest BCUT2D eigenvalue weighted by Crippen LogP contribution is 2.23. The summed E-state index contributed by atoms with van der Waals surface area (Å²) in [7, 11) is 0. The monoisotopic (exact) mass is 393 g/mol. The van der Waals surface area contributed by atoms with Crippen LogP contribution in [0.3, 0.4) is 0 Å². The molecule has 0 unspecified atom stereocenters. The van der Waals surface area contributed by atoms with Crippen LogP contribution in [0.5, 0.6) is 0 Å². The van der Waals surface area contributed by atoms with E-state index in [0.29, 0.717) is 16.4 Å². The van der Waals surface area contributed by atoms with Gasteiger partial charge in [-0.15, -0.1) is 10.2 Å². The number of halogens is 1. The minimum absolute atomic E-state index is 0.324. The van der Waals surface area contributed by atoms with Gasteiger partial charge in [-0.25, -0.2) is 4.79 Å². The van der Waals surface area contributed by atoms with Crippen LogP contribution >= 0.6 is 11.6 Å². The molecule has 1 aliphatic heterocycles. The van der Waals surface area contributed by atoms with Crippen LogP contribution in [0, 0.1) is 0 Å². The van der Waals surface area contributed by atoms with Crippen LogP contribution in [-0.4, -0.2) is 29.3 Å². The van der Waals surface area contributed by atoms with E-state index in [1.54, 1.807) is 24.3 Å². The molecule has 6 nitrogen and oxygen atoms in total. The lowest BCUT2D eigenvalue weighted by Gasteiger charge is -2.15. The van der Waals surface area contributed by atoms with Gasteiger partial charge in [-0.3, -0.25) is 0 Å². The van der Waals surface area contributed by atoms with Crippen molar-refractivity contribution in [3.8, 4) is 11.3 Å². The largest absolute Gasteiger partial charge is 0.355 e. The Morgan fingerprint density at radius 2 is 1.64 bits per heavy atom. The standard InChI is InChI=1S/C21H20ClN5O/c22-16-6-8-17(9-7-16)23-21(28)24-18-5-3-4-15(14-18)19-10-11-20(26-25-19)27-12-1-2-13-27/h3-11,14H,1-2,12-13H2,(H2,23,24,28). The first-order valence-electron chi connectivity index (χ1n) is 9.20. The molecular formula is C21H20ClN5O. The van der Waals surface area contributed by atoms with Crippen molar-refractivity contribution in [2.45, 2.75) is 12.8 Å². The highest BCUT2D eigenvalue weighted by molar-refractivity contribution is 6.30. The summed E-state index contributed by atoms with van der Waals surface area (Å²) in [4.78, 5) is 14.5. The Labute approximate surface area is 168 Å². The fourth-order valence-corrected chi connectivity index (χ4v) is 3.30. The Kier molecular flexibility index (Phi) is 5.39. The van der Waals surface area contributed by atoms with Crippen molar-refractivity contribution in [1.29, 1.82) is 0 Å². The van der Waals surface area contributed by atoms with Gasteiger partial charge in [0.25, 0.3) is 0 Å². The number of carbonyl (C=O) groups is 1. The van der Waals surface area contributed by atoms with Crippen LogP contribution in [0.25, 0.3) is 11.3 Å². The van der Waals surface area contributed by atoms with Gasteiger partial charge in [-0.1, -0.05) is 23.7 Å². The van der Waals surface area contributed by atoms with Crippen molar-refractivity contribution in [1.82, 2.24) is 10.2 Å². The van der Waals surface area contributed by atoms with Crippen molar-refractivity contribution in [2.24, 2.45) is 0 Å². The van der Waals surface area contributed by atoms with Gasteiger partial charge in [-0.05, 0) is 61.4 Å². The number of aromatic nitrogens is 2. The molecule has 2 N–H and O–H groups in total. The van der Waals surface area contributed by atoms with Gasteiger partial charge >= 0.3 is 6.03 Å². The summed E-state index contributed by atoms with van der Waals surface area (Å²) < 4.78 is 0. The summed E-state index contributed by atoms with van der Waals surface area (Å²) in [6.07, 6.45) is 2.41. The zero-order valence-corrected chi connectivity index (χ0v) is 16.0. The normalized spacial score (nSPS) is 13.4. The Morgan fingerprint density at radius 3 is 2.36 bits per heavy atom. The lowest BCUT2D eigenvalue weighted by Crippen LogP contribution is -2.19. The Morgan fingerprint density at radius 1 is 0.893 bits per heavy atom. The number of rotatable bonds is 4. The first-order valence-corrected chi connectivity index (χ1v) is 9.58. The highest BCUT2D eigenvalue weighted by atomic mass is 35.5. The van der Waals surface area contributed by atoms with Crippen LogP contribution in [0.1, 0.15) is 12.8 Å². The van der Waals surface area contributed by atoms with Gasteiger partial charge in [0.05, 0.1) is 5.69 Å². The fourth-order valence-electron chi connectivity index (χ4n) is 3.18. The maximum absolute atomic E-state index is 12.2. The van der Waals surface area contributed by atoms with E-state index in [4.69, 9.17) is 11.6 Å². The summed E-state index contributed by atoms with van der Waals surface area (Å²) in [6.45, 7) is 2.08. The van der Waals surface area contributed by atoms with Crippen molar-refractivity contribution >= 4 is 34.8 Å². The zero-order valence-electron chi connectivity index (χ0n) is 15.2. The molecule has 4 rings (SSSR count). The number of hydrogen-bond donors (Lipinski definition) is 2. The third-order valence-electron chi connectivity index (χ3n) is 4.60. The Balaban J connectivity index is 1.43. The summed E-state index contributed by atoms with van der Waals surface area (Å²) in [5.41, 5.74) is 3.00. The van der Waals surface area contributed by atoms with E-state index in [1.807, 2.05) is 36.4 Å². The molecule has 2 amide bonds. The Hall–Kier alpha value is -3.12. The van der Waals surface area contributed by atoms with Gasteiger partial charge in [0.1, 0.15) is 0 Å². The molecule has 2 heterocycles. The van der Waals surface area contributed by atoms with Gasteiger partial charge in [0.15, 0.2) is 5.82 Å². The molecule has 7 heteroatoms. The van der Waals surface area contributed by atoms with Gasteiger partial charge < -0.3 is 15.5 Å². The topological polar surface area (TPSA) is 70.2 Å². The summed E-state index contributed by atoms with van der Waals surface area (Å²) in [5, 5.41) is 14.9. The maximum atomic E-state index is 12.2. The molecule has 1 saturated heterocycles. The zero-order chi connectivity index (χ0) is 19.3. The molecule has 1 aromatic heterocycles. The summed E-state index contributed by atoms with van der Waals surface area (Å²) >= 11 is 5.86. The van der Waals surface area contributed by atoms with Crippen LogP contribution in [0.4, 0.5) is 22.0 Å². The quantitative estimate of drug-likeness (QED) is 0.651. The summed E-state index contributed by atoms with van der Waals surface area (Å²) in [5.74, 6) is 0.915. The first kappa shape index (κ1) is 18.3. The molecule has 28 heavy (non-hydrogen) atoms. The van der Waals surface area contributed by atoms with E-state index in [0.717, 1.165) is 30.2 Å². The van der Waals surface area contributed by atoms with Crippen LogP contribution in [-0.2, 0) is 0 Å². The van der Waals surface area contributed by atoms with Gasteiger partial charge in [0.2, 0.25) is 0 Å². The smallest absolute Gasteiger partial charge is 0.323 e. The molecule has 0 radical (unpaired) electrons. The molecule has 3 aromatic rings. The second kappa shape index (κ2) is 8.27. The predicted molar refractivity (Wildman–Crippen MR) is 113 cm³/mol. The molecule has 1 aliphatic rings. The third kappa shape index (κ3) is 4.40. The van der Waals surface area contributed by atoms with Crippen LogP contribution < -0.4 is 15.5 Å². The number of carbonyl (C=O) groups excluding carboxylic acids is 1. The molecule has 0 atom stereocenters. The maximum Gasteiger partial charge on any atom is 0.323 e. The van der Waals surface area contributed by atoms with Crippen molar-refractivity contribution < 1.29 is 4.79 Å². The molecule has 0 bridgehead atoms. The molecule has 2 aromatic carbocycles. The number of anilines is 3. The second-order valence-corrected chi connectivity index (χ2v) is 7.07. The minimum Gasteiger partial charge on any atom is -0.355 e. The Bertz CT molecular complexity index is 953. The van der Waals surface area contributed by atoms with E-state index in [-0.39, 0.29) is 6.03 Å². The lowest BCUT2D eigenvalue weighted by molar-refractivity contribution is 0.262. The van der Waals surface area contributed by atoms with Crippen LogP contribution in [0.15, 0.2) is 60.7 Å². The van der Waals surface area contributed by atoms with E-state index >= 15 is 0 Å². The third-order valence-corrected chi connectivity index (χ3v) is 4.85. The SMILES string of the molecule is O=C(Nc1ccc(Cl)cc1)Nc1cccc(-c2ccc(N3CCCC3)nn2)c1. The van der Waals surface area contributed by atoms with Crippen molar-refractivity contribution in [3.05, 3.63) is 65.7 Å². The number of amides is 2. The minimum atomic E-state index is -0.324. The lowest BCUT2D eigenvalue weighted by atomic mass is 10.1. The second-order valence-electron chi connectivity index (χ2n) is 6.64. The molecule has 0 aliphatic carbocycles. The van der Waals surface area contributed by atoms with E-state index in [1.165, 1.54) is 12.8 Å². The van der Waals surface area contributed by atoms with E-state index < -0.39 is 0 Å². The van der Waals surface area contributed by atoms with E-state index in [2.05, 4.69) is 25.7 Å². The van der Waals surface area contributed by atoms with Crippen molar-refractivity contribution in [3.63, 3.8) is 0 Å². The van der Waals surface area contributed by atoms with Crippen LogP contribution in [0.2, 0.25) is 5.02 Å². The average molecular weight is 394 g/mol. The predicted octanol–water partition coefficient (Wildman–Crippen LogP) is 5.04. The average Bonchev–Trinajstić information content (AvgIpc) is 3.25. The number of benzene rings is 2. The molecular weight excluding hydrogens is 374 g/mol.